The van der Waals surface area contributed by atoms with Crippen LogP contribution in [0.2, 0.25) is 0 Å². The van der Waals surface area contributed by atoms with E-state index in [4.69, 9.17) is 19.4 Å². The molecule has 1 aromatic carbocycles. The first-order valence-electron chi connectivity index (χ1n) is 16.4. The molecule has 3 N–H and O–H groups in total. The molecular formula is C35H41N5O7S. The number of carbonyl (C=O) groups excluding carboxylic acids is 3. The van der Waals surface area contributed by atoms with E-state index in [1.807, 2.05) is 53.9 Å². The number of benzene rings is 1. The molecule has 0 bridgehead atoms. The Balaban J connectivity index is 1.32. The van der Waals surface area contributed by atoms with Gasteiger partial charge in [0, 0.05) is 12.3 Å². The number of hydrogen-bond donors (Lipinski definition) is 3. The van der Waals surface area contributed by atoms with Crippen LogP contribution in [-0.2, 0) is 19.1 Å². The number of carboxylic acids is 1. The number of ether oxygens (including phenoxy) is 2. The molecule has 2 aliphatic heterocycles. The molecule has 5 atom stereocenters. The van der Waals surface area contributed by atoms with Crippen LogP contribution in [0, 0.1) is 5.92 Å². The van der Waals surface area contributed by atoms with Gasteiger partial charge in [-0.15, -0.1) is 11.3 Å². The van der Waals surface area contributed by atoms with Crippen molar-refractivity contribution in [2.24, 2.45) is 5.92 Å². The summed E-state index contributed by atoms with van der Waals surface area (Å²) in [6.07, 6.45) is 6.18. The number of aliphatic carboxylic acids is 1. The summed E-state index contributed by atoms with van der Waals surface area (Å²) in [7, 11) is 0. The highest BCUT2D eigenvalue weighted by atomic mass is 32.1. The van der Waals surface area contributed by atoms with Crippen molar-refractivity contribution < 1.29 is 33.8 Å². The van der Waals surface area contributed by atoms with Crippen molar-refractivity contribution in [2.75, 3.05) is 6.54 Å². The predicted octanol–water partition coefficient (Wildman–Crippen LogP) is 5.08. The molecule has 1 saturated heterocycles. The number of hydrogen-bond acceptors (Lipinski definition) is 9. The number of fused-ring (bicyclic) bond motifs is 3. The zero-order chi connectivity index (χ0) is 34.1. The second kappa shape index (κ2) is 13.5. The fourth-order valence-corrected chi connectivity index (χ4v) is 7.10. The number of aromatic nitrogens is 2. The maximum Gasteiger partial charge on any atom is 0.408 e. The molecule has 48 heavy (non-hydrogen) atoms. The lowest BCUT2D eigenvalue weighted by Gasteiger charge is -2.30. The van der Waals surface area contributed by atoms with Crippen LogP contribution in [0.5, 0.6) is 5.88 Å². The van der Waals surface area contributed by atoms with Crippen molar-refractivity contribution in [3.8, 4) is 16.5 Å². The average molecular weight is 676 g/mol. The summed E-state index contributed by atoms with van der Waals surface area (Å²) in [6.45, 7) is 5.24. The second-order valence-electron chi connectivity index (χ2n) is 13.7. The van der Waals surface area contributed by atoms with E-state index in [1.54, 1.807) is 20.8 Å². The molecule has 254 valence electrons. The number of nitrogens with one attached hydrogen (secondary N) is 2. The van der Waals surface area contributed by atoms with Gasteiger partial charge in [0.25, 0.3) is 0 Å². The quantitative estimate of drug-likeness (QED) is 0.314. The van der Waals surface area contributed by atoms with Gasteiger partial charge in [0.15, 0.2) is 0 Å². The molecule has 1 aliphatic carbocycles. The first-order valence-corrected chi connectivity index (χ1v) is 17.3. The summed E-state index contributed by atoms with van der Waals surface area (Å²) < 4.78 is 12.0. The Morgan fingerprint density at radius 2 is 1.85 bits per heavy atom. The lowest BCUT2D eigenvalue weighted by atomic mass is 10.0. The van der Waals surface area contributed by atoms with Crippen molar-refractivity contribution in [3.63, 3.8) is 0 Å². The third kappa shape index (κ3) is 7.30. The van der Waals surface area contributed by atoms with Crippen molar-refractivity contribution in [3.05, 3.63) is 53.9 Å². The highest BCUT2D eigenvalue weighted by Gasteiger charge is 2.61. The van der Waals surface area contributed by atoms with E-state index in [1.165, 1.54) is 16.2 Å². The summed E-state index contributed by atoms with van der Waals surface area (Å²) in [5.74, 6) is -2.23. The van der Waals surface area contributed by atoms with Crippen LogP contribution < -0.4 is 15.4 Å². The number of carbonyl (C=O) groups is 4. The molecule has 0 spiro atoms. The standard InChI is InChI=1S/C35H41N5O7S/c1-34(2,3)47-33(45)38-25-15-8-6-4-5-7-12-21-19-35(21,32(43)44)39-29(41)26-18-22(20-40(26)31(25)42)46-30-28(27-16-11-17-48-27)36-23-13-9-10-14-24(23)37-30/h7,9-14,16-17,21-22,25-26H,4-6,8,15,18-20H2,1-3H3,(H,38,45)(H,39,41)(H,43,44)/t21-,22-,25+,26+,35-/m1/s1. The third-order valence-corrected chi connectivity index (χ3v) is 9.76. The van der Waals surface area contributed by atoms with E-state index >= 15 is 0 Å². The molecule has 2 aromatic heterocycles. The van der Waals surface area contributed by atoms with Crippen molar-refractivity contribution in [1.29, 1.82) is 0 Å². The molecule has 0 radical (unpaired) electrons. The van der Waals surface area contributed by atoms with E-state index in [0.717, 1.165) is 24.1 Å². The summed E-state index contributed by atoms with van der Waals surface area (Å²) in [6, 6.07) is 9.27. The van der Waals surface area contributed by atoms with Crippen LogP contribution in [-0.4, -0.2) is 79.7 Å². The van der Waals surface area contributed by atoms with Gasteiger partial charge in [0.2, 0.25) is 17.7 Å². The molecule has 3 aliphatic rings. The minimum Gasteiger partial charge on any atom is -0.479 e. The van der Waals surface area contributed by atoms with Gasteiger partial charge >= 0.3 is 12.1 Å². The Morgan fingerprint density at radius 3 is 2.56 bits per heavy atom. The van der Waals surface area contributed by atoms with Crippen molar-refractivity contribution >= 4 is 46.2 Å². The molecule has 3 aromatic rings. The van der Waals surface area contributed by atoms with Gasteiger partial charge in [0.1, 0.15) is 35.0 Å². The largest absolute Gasteiger partial charge is 0.479 e. The molecule has 4 heterocycles. The number of nitrogens with zero attached hydrogens (tertiary/aromatic N) is 3. The molecule has 12 nitrogen and oxygen atoms in total. The smallest absolute Gasteiger partial charge is 0.408 e. The molecule has 13 heteroatoms. The summed E-state index contributed by atoms with van der Waals surface area (Å²) in [5.41, 5.74) is -0.337. The zero-order valence-corrected chi connectivity index (χ0v) is 28.1. The van der Waals surface area contributed by atoms with Crippen LogP contribution in [0.3, 0.4) is 0 Å². The number of para-hydroxylation sites is 2. The lowest BCUT2D eigenvalue weighted by molar-refractivity contribution is -0.145. The Morgan fingerprint density at radius 1 is 1.08 bits per heavy atom. The lowest BCUT2D eigenvalue weighted by Crippen LogP contribution is -2.56. The topological polar surface area (TPSA) is 160 Å². The predicted molar refractivity (Wildman–Crippen MR) is 179 cm³/mol. The first kappa shape index (κ1) is 33.4. The number of alkyl carbamates (subject to hydrolysis) is 1. The van der Waals surface area contributed by atoms with E-state index in [-0.39, 0.29) is 31.2 Å². The molecule has 2 fully saturated rings. The maximum absolute atomic E-state index is 14.3. The third-order valence-electron chi connectivity index (χ3n) is 8.88. The summed E-state index contributed by atoms with van der Waals surface area (Å²) in [4.78, 5) is 65.5. The van der Waals surface area contributed by atoms with Crippen LogP contribution in [0.25, 0.3) is 21.6 Å². The van der Waals surface area contributed by atoms with Gasteiger partial charge in [-0.2, -0.15) is 0 Å². The fourth-order valence-electron chi connectivity index (χ4n) is 6.39. The van der Waals surface area contributed by atoms with E-state index in [9.17, 15) is 24.3 Å². The molecule has 6 rings (SSSR count). The SMILES string of the molecule is CC(C)(C)OC(=O)N[C@H]1CCCCCC=C[C@@H]2C[C@@]2(C(=O)O)NC(=O)[C@@H]2C[C@@H](Oc3nc4ccccc4nc3-c3cccs3)CN2C1=O. The van der Waals surface area contributed by atoms with Crippen molar-refractivity contribution in [1.82, 2.24) is 25.5 Å². The normalized spacial score (nSPS) is 26.4. The van der Waals surface area contributed by atoms with Crippen LogP contribution in [0.15, 0.2) is 53.9 Å². The highest BCUT2D eigenvalue weighted by molar-refractivity contribution is 7.13. The van der Waals surface area contributed by atoms with E-state index in [2.05, 4.69) is 10.6 Å². The number of carboxylic acid groups (broad SMARTS) is 1. The minimum atomic E-state index is -1.44. The molecule has 1 saturated carbocycles. The zero-order valence-electron chi connectivity index (χ0n) is 27.3. The molecular weight excluding hydrogens is 634 g/mol. The Bertz CT molecular complexity index is 1720. The van der Waals surface area contributed by atoms with Gasteiger partial charge in [0.05, 0.1) is 22.5 Å². The summed E-state index contributed by atoms with van der Waals surface area (Å²) >= 11 is 1.49. The highest BCUT2D eigenvalue weighted by Crippen LogP contribution is 2.45. The first-order chi connectivity index (χ1) is 22.9. The number of allylic oxidation sites excluding steroid dienone is 1. The number of thiophene rings is 1. The fraction of sp³-hybridized carbons (Fsp3) is 0.486. The maximum atomic E-state index is 14.3. The molecule has 3 amide bonds. The average Bonchev–Trinajstić information content (AvgIpc) is 3.34. The second-order valence-corrected chi connectivity index (χ2v) is 14.6. The minimum absolute atomic E-state index is 0.0191. The van der Waals surface area contributed by atoms with E-state index in [0.29, 0.717) is 29.6 Å². The monoisotopic (exact) mass is 675 g/mol. The van der Waals surface area contributed by atoms with Crippen molar-refractivity contribution in [2.45, 2.75) is 95.0 Å². The van der Waals surface area contributed by atoms with Crippen LogP contribution >= 0.6 is 11.3 Å². The number of rotatable bonds is 5. The summed E-state index contributed by atoms with van der Waals surface area (Å²) in [5, 5.41) is 17.6. The molecule has 0 unspecified atom stereocenters. The van der Waals surface area contributed by atoms with Gasteiger partial charge in [-0.25, -0.2) is 19.6 Å². The van der Waals surface area contributed by atoms with E-state index < -0.39 is 53.2 Å². The van der Waals surface area contributed by atoms with Gasteiger partial charge in [-0.3, -0.25) is 9.59 Å². The Kier molecular flexibility index (Phi) is 9.41. The van der Waals surface area contributed by atoms with Gasteiger partial charge in [-0.1, -0.05) is 43.2 Å². The number of amides is 3. The Hall–Kier alpha value is -4.52. The van der Waals surface area contributed by atoms with Crippen LogP contribution in [0.4, 0.5) is 4.79 Å². The van der Waals surface area contributed by atoms with Gasteiger partial charge < -0.3 is 30.1 Å². The van der Waals surface area contributed by atoms with Crippen LogP contribution in [0.1, 0.15) is 65.7 Å². The Labute approximate surface area is 282 Å². The van der Waals surface area contributed by atoms with Gasteiger partial charge in [-0.05, 0) is 70.0 Å².